The number of aryl methyl sites for hydroxylation is 3. The fraction of sp³-hybridized carbons (Fsp3) is 0.395. The molecule has 0 bridgehead atoms. The number of carbonyl (C=O) groups is 2. The zero-order valence-corrected chi connectivity index (χ0v) is 43.5. The van der Waals surface area contributed by atoms with Gasteiger partial charge < -0.3 is 38.6 Å². The van der Waals surface area contributed by atoms with Crippen molar-refractivity contribution in [1.82, 2.24) is 38.8 Å². The van der Waals surface area contributed by atoms with Gasteiger partial charge in [0.15, 0.2) is 18.7 Å². The summed E-state index contributed by atoms with van der Waals surface area (Å²) in [5.74, 6) is -1.70. The summed E-state index contributed by atoms with van der Waals surface area (Å²) in [6.07, 6.45) is 9.85. The van der Waals surface area contributed by atoms with E-state index in [1.54, 1.807) is 62.4 Å². The number of hydrogen-bond donors (Lipinski definition) is 8. The average molecular weight is 1140 g/mol. The molecule has 0 spiro atoms. The lowest BCUT2D eigenvalue weighted by atomic mass is 10.3. The van der Waals surface area contributed by atoms with E-state index >= 15 is 0 Å². The minimum absolute atomic E-state index is 0.135. The molecule has 3 aromatic heterocycles. The maximum absolute atomic E-state index is 13.4. The number of aromatic nitrogens is 6. The second kappa shape index (κ2) is 25.8. The molecular weight excluding hydrogens is 1090 g/mol. The molecule has 0 fully saturated rings. The summed E-state index contributed by atoms with van der Waals surface area (Å²) in [5.41, 5.74) is -2.08. The number of esters is 1. The first kappa shape index (κ1) is 58.7. The number of nitrogens with zero attached hydrogens (tertiary/aromatic N) is 3. The molecule has 1 aromatic carbocycles. The van der Waals surface area contributed by atoms with Crippen LogP contribution in [-0.2, 0) is 46.7 Å². The Kier molecular flexibility index (Phi) is 20.5. The third kappa shape index (κ3) is 16.4. The number of hydrogen-bond acceptors (Lipinski definition) is 18. The first-order valence-electron chi connectivity index (χ1n) is 21.9. The van der Waals surface area contributed by atoms with E-state index in [9.17, 15) is 52.4 Å². The number of aromatic amines is 3. The summed E-state index contributed by atoms with van der Waals surface area (Å²) in [4.78, 5) is 108. The minimum atomic E-state index is -4.33. The van der Waals surface area contributed by atoms with Crippen molar-refractivity contribution < 1.29 is 66.3 Å². The van der Waals surface area contributed by atoms with Crippen LogP contribution in [0.25, 0.3) is 0 Å². The highest BCUT2D eigenvalue weighted by atomic mass is 79.9. The number of ether oxygens (including phenoxy) is 4. The Morgan fingerprint density at radius 2 is 1.08 bits per heavy atom. The third-order valence-corrected chi connectivity index (χ3v) is 13.7. The first-order valence-corrected chi connectivity index (χ1v) is 25.8. The molecule has 4 aromatic rings. The fourth-order valence-corrected chi connectivity index (χ4v) is 9.22. The number of carboxylic acids is 1. The van der Waals surface area contributed by atoms with Gasteiger partial charge in [0.2, 0.25) is 0 Å². The van der Waals surface area contributed by atoms with Crippen LogP contribution >= 0.6 is 31.4 Å². The number of rotatable bonds is 18. The number of carbonyl (C=O) groups excluding carboxylic acids is 1. The SMILES string of the molecule is COC(=O)[C@H](C)NP(=O)(OC[C@@H]1C=C[C@H](n2cc(C)c(=O)[nH]c2=O)O1)Oc1ccc(Br)cc1.Cc1cn([C@H]2C=C[C@@H](CO)O2)c(=O)[nH]c1=O.Cc1cn([C@H]2C=C[C@@H](COP(=O)(O)N[C@@H](C)C(=O)O)O2)c(=O)[nH]c1=O. The number of aliphatic hydroxyl groups excluding tert-OH is 1. The van der Waals surface area contributed by atoms with Crippen LogP contribution < -0.4 is 48.4 Å². The van der Waals surface area contributed by atoms with Crippen molar-refractivity contribution >= 4 is 43.4 Å². The van der Waals surface area contributed by atoms with E-state index in [0.717, 1.165) is 9.04 Å². The molecule has 6 heterocycles. The molecule has 10 atom stereocenters. The van der Waals surface area contributed by atoms with E-state index < -0.39 is 110 Å². The molecule has 0 amide bonds. The van der Waals surface area contributed by atoms with E-state index in [2.05, 4.69) is 40.7 Å². The van der Waals surface area contributed by atoms with Gasteiger partial charge in [-0.25, -0.2) is 28.6 Å². The van der Waals surface area contributed by atoms with Gasteiger partial charge in [0.05, 0.1) is 26.9 Å². The van der Waals surface area contributed by atoms with Crippen molar-refractivity contribution in [2.45, 2.75) is 83.7 Å². The smallest absolute Gasteiger partial charge is 0.459 e. The number of methoxy groups -OCH3 is 1. The van der Waals surface area contributed by atoms with Crippen molar-refractivity contribution in [1.29, 1.82) is 0 Å². The number of aliphatic hydroxyl groups is 1. The van der Waals surface area contributed by atoms with Crippen molar-refractivity contribution in [3.63, 3.8) is 0 Å². The Morgan fingerprint density at radius 1 is 0.676 bits per heavy atom. The van der Waals surface area contributed by atoms with E-state index in [1.165, 1.54) is 67.8 Å². The standard InChI is InChI=1S/C20H23BrN3O8P.C13H18N3O8P.C10H12N2O4/c1-12-10-24(20(27)22-18(12)25)17-9-8-16(31-17)11-30-33(28,23-13(2)19(26)29-3)32-15-6-4-14(21)5-7-15;1-7-5-16(13(20)14-11(7)17)10-4-3-9(24-10)6-23-25(21,22)15-8(2)12(18)19;1-6-4-12(10(15)11-9(6)14)8-3-2-7(5-13)16-8/h4-10,13,16-17H,11H2,1-3H3,(H,23,28)(H,22,25,27);3-5,8-10H,6H2,1-2H3,(H,18,19)(H,14,17,20)(H2,15,21,22);2-4,7-8,13H,5H2,1H3,(H,11,14,15)/t13-,16-,17+,33?;8-,9-,10+;7-,8+/m000/s1. The molecule has 8 N–H and O–H groups in total. The lowest BCUT2D eigenvalue weighted by molar-refractivity contribution is -0.142. The van der Waals surface area contributed by atoms with Crippen LogP contribution in [0.2, 0.25) is 0 Å². The number of nitrogens with one attached hydrogen (secondary N) is 5. The molecule has 0 saturated carbocycles. The van der Waals surface area contributed by atoms with Crippen LogP contribution in [0, 0.1) is 20.8 Å². The molecule has 402 valence electrons. The number of halogens is 1. The highest BCUT2D eigenvalue weighted by molar-refractivity contribution is 9.10. The summed E-state index contributed by atoms with van der Waals surface area (Å²) in [6, 6.07) is 4.30. The second-order valence-electron chi connectivity index (χ2n) is 16.2. The van der Waals surface area contributed by atoms with Crippen molar-refractivity contribution in [3.05, 3.63) is 163 Å². The fourth-order valence-electron chi connectivity index (χ4n) is 6.43. The molecular formula is C43H53BrN8O20P2. The molecule has 28 nitrogen and oxygen atoms in total. The highest BCUT2D eigenvalue weighted by Crippen LogP contribution is 2.46. The Morgan fingerprint density at radius 3 is 1.47 bits per heavy atom. The third-order valence-electron chi connectivity index (χ3n) is 10.3. The first-order chi connectivity index (χ1) is 34.8. The number of aliphatic carboxylic acids is 1. The van der Waals surface area contributed by atoms with Crippen molar-refractivity contribution in [2.24, 2.45) is 0 Å². The number of benzene rings is 1. The van der Waals surface area contributed by atoms with Gasteiger partial charge in [-0.05, 0) is 77.1 Å². The van der Waals surface area contributed by atoms with Crippen LogP contribution in [0.3, 0.4) is 0 Å². The van der Waals surface area contributed by atoms with Gasteiger partial charge in [0.25, 0.3) is 16.7 Å². The Labute approximate surface area is 426 Å². The molecule has 0 radical (unpaired) electrons. The summed E-state index contributed by atoms with van der Waals surface area (Å²) < 4.78 is 66.8. The van der Waals surface area contributed by atoms with Crippen LogP contribution in [0.5, 0.6) is 5.75 Å². The van der Waals surface area contributed by atoms with Crippen LogP contribution in [0.1, 0.15) is 49.2 Å². The Bertz CT molecular complexity index is 3220. The minimum Gasteiger partial charge on any atom is -0.480 e. The van der Waals surface area contributed by atoms with Crippen LogP contribution in [0.15, 0.2) is 113 Å². The van der Waals surface area contributed by atoms with Gasteiger partial charge in [-0.1, -0.05) is 34.2 Å². The van der Waals surface area contributed by atoms with Gasteiger partial charge in [0, 0.05) is 39.8 Å². The van der Waals surface area contributed by atoms with Crippen molar-refractivity contribution in [3.8, 4) is 5.75 Å². The Hall–Kier alpha value is -6.20. The summed E-state index contributed by atoms with van der Waals surface area (Å²) in [5, 5.41) is 22.1. The summed E-state index contributed by atoms with van der Waals surface area (Å²) in [6.45, 7) is 6.68. The monoisotopic (exact) mass is 1140 g/mol. The largest absolute Gasteiger partial charge is 0.480 e. The van der Waals surface area contributed by atoms with Gasteiger partial charge in [-0.3, -0.25) is 61.7 Å². The molecule has 7 rings (SSSR count). The van der Waals surface area contributed by atoms with Gasteiger partial charge in [0.1, 0.15) is 36.1 Å². The summed E-state index contributed by atoms with van der Waals surface area (Å²) >= 11 is 3.31. The van der Waals surface area contributed by atoms with Crippen molar-refractivity contribution in [2.75, 3.05) is 26.9 Å². The predicted molar refractivity (Wildman–Crippen MR) is 263 cm³/mol. The summed E-state index contributed by atoms with van der Waals surface area (Å²) in [7, 11) is -7.17. The van der Waals surface area contributed by atoms with Crippen LogP contribution in [-0.4, -0.2) is 113 Å². The van der Waals surface area contributed by atoms with Crippen LogP contribution in [0.4, 0.5) is 0 Å². The topological polar surface area (TPSA) is 382 Å². The zero-order chi connectivity index (χ0) is 54.7. The van der Waals surface area contributed by atoms with E-state index in [0.29, 0.717) is 16.7 Å². The van der Waals surface area contributed by atoms with Gasteiger partial charge >= 0.3 is 44.5 Å². The Balaban J connectivity index is 0.000000218. The maximum atomic E-state index is 13.4. The second-order valence-corrected chi connectivity index (χ2v) is 20.4. The molecule has 74 heavy (non-hydrogen) atoms. The molecule has 3 aliphatic heterocycles. The van der Waals surface area contributed by atoms with Gasteiger partial charge in [-0.2, -0.15) is 5.09 Å². The zero-order valence-electron chi connectivity index (χ0n) is 40.1. The highest BCUT2D eigenvalue weighted by Gasteiger charge is 2.35. The number of carboxylic acid groups (broad SMARTS) is 1. The predicted octanol–water partition coefficient (Wildman–Crippen LogP) is 1.19. The average Bonchev–Trinajstić information content (AvgIpc) is 4.14. The molecule has 31 heteroatoms. The number of H-pyrrole nitrogens is 3. The van der Waals surface area contributed by atoms with E-state index in [1.807, 2.05) is 5.09 Å². The van der Waals surface area contributed by atoms with E-state index in [-0.39, 0.29) is 25.6 Å². The lowest BCUT2D eigenvalue weighted by Crippen LogP contribution is -2.35. The lowest BCUT2D eigenvalue weighted by Gasteiger charge is -2.24. The molecule has 3 aliphatic rings. The molecule has 0 aliphatic carbocycles. The normalized spacial score (nSPS) is 22.1. The quantitative estimate of drug-likeness (QED) is 0.0394. The maximum Gasteiger partial charge on any atom is 0.459 e. The molecule has 0 saturated heterocycles. The van der Waals surface area contributed by atoms with E-state index in [4.69, 9.17) is 38.0 Å². The van der Waals surface area contributed by atoms with Gasteiger partial charge in [-0.15, -0.1) is 0 Å². The molecule has 2 unspecified atom stereocenters.